The molecular weight excluding hydrogens is 433 g/mol. The van der Waals surface area contributed by atoms with E-state index in [9.17, 15) is 9.90 Å². The number of carboxylic acid groups (broad SMARTS) is 1. The van der Waals surface area contributed by atoms with Crippen LogP contribution in [0, 0.1) is 24.1 Å². The maximum Gasteiger partial charge on any atom is 0.307 e. The molecule has 0 atom stereocenters. The van der Waals surface area contributed by atoms with Crippen molar-refractivity contribution in [3.05, 3.63) is 35.5 Å². The lowest BCUT2D eigenvalue weighted by atomic mass is 9.82. The standard InChI is InChI=1S/C27H36FN3O3/c1-18-21(14-24(32)33)25(31-11-9-27(2,3)10-12-31)22(16-29-18)20-13-23(28)26(30-15-20)34-17-19-7-5-4-6-8-19/h13,15-16,19H,4-12,14,17H2,1-3H3,(H,32,33). The smallest absolute Gasteiger partial charge is 0.307 e. The molecule has 2 aromatic rings. The zero-order valence-corrected chi connectivity index (χ0v) is 20.6. The fourth-order valence-electron chi connectivity index (χ4n) is 5.13. The van der Waals surface area contributed by atoms with E-state index < -0.39 is 11.8 Å². The summed E-state index contributed by atoms with van der Waals surface area (Å²) in [4.78, 5) is 22.7. The molecule has 3 heterocycles. The van der Waals surface area contributed by atoms with Gasteiger partial charge in [-0.05, 0) is 50.0 Å². The van der Waals surface area contributed by atoms with Gasteiger partial charge in [0.1, 0.15) is 0 Å². The fourth-order valence-corrected chi connectivity index (χ4v) is 5.13. The first-order valence-electron chi connectivity index (χ1n) is 12.5. The number of pyridine rings is 2. The van der Waals surface area contributed by atoms with Gasteiger partial charge in [-0.25, -0.2) is 9.37 Å². The Labute approximate surface area is 201 Å². The summed E-state index contributed by atoms with van der Waals surface area (Å²) in [5.41, 5.74) is 3.75. The Hall–Kier alpha value is -2.70. The topological polar surface area (TPSA) is 75.6 Å². The lowest BCUT2D eigenvalue weighted by molar-refractivity contribution is -0.136. The predicted molar refractivity (Wildman–Crippen MR) is 131 cm³/mol. The Morgan fingerprint density at radius 1 is 1.18 bits per heavy atom. The lowest BCUT2D eigenvalue weighted by Gasteiger charge is -2.40. The van der Waals surface area contributed by atoms with Crippen LogP contribution in [0.25, 0.3) is 11.1 Å². The molecule has 6 nitrogen and oxygen atoms in total. The van der Waals surface area contributed by atoms with Crippen molar-refractivity contribution in [1.82, 2.24) is 9.97 Å². The third kappa shape index (κ3) is 5.68. The summed E-state index contributed by atoms with van der Waals surface area (Å²) in [7, 11) is 0. The Morgan fingerprint density at radius 3 is 2.53 bits per heavy atom. The van der Waals surface area contributed by atoms with Crippen LogP contribution in [0.15, 0.2) is 18.5 Å². The molecule has 2 aromatic heterocycles. The maximum atomic E-state index is 15.0. The van der Waals surface area contributed by atoms with Gasteiger partial charge in [0.2, 0.25) is 5.88 Å². The van der Waals surface area contributed by atoms with Crippen LogP contribution in [0.3, 0.4) is 0 Å². The summed E-state index contributed by atoms with van der Waals surface area (Å²) < 4.78 is 20.8. The van der Waals surface area contributed by atoms with Gasteiger partial charge in [0, 0.05) is 47.9 Å². The van der Waals surface area contributed by atoms with Gasteiger partial charge in [-0.3, -0.25) is 9.78 Å². The number of hydrogen-bond donors (Lipinski definition) is 1. The van der Waals surface area contributed by atoms with Gasteiger partial charge in [0.25, 0.3) is 0 Å². The molecule has 0 bridgehead atoms. The third-order valence-corrected chi connectivity index (χ3v) is 7.43. The van der Waals surface area contributed by atoms with Gasteiger partial charge in [0.05, 0.1) is 18.7 Å². The van der Waals surface area contributed by atoms with Crippen molar-refractivity contribution >= 4 is 11.7 Å². The first-order valence-corrected chi connectivity index (χ1v) is 12.5. The monoisotopic (exact) mass is 469 g/mol. The van der Waals surface area contributed by atoms with E-state index in [1.807, 2.05) is 6.92 Å². The largest absolute Gasteiger partial charge is 0.481 e. The summed E-state index contributed by atoms with van der Waals surface area (Å²) in [6, 6.07) is 1.44. The van der Waals surface area contributed by atoms with Crippen LogP contribution >= 0.6 is 0 Å². The van der Waals surface area contributed by atoms with E-state index in [4.69, 9.17) is 4.74 Å². The zero-order chi connectivity index (χ0) is 24.3. The zero-order valence-electron chi connectivity index (χ0n) is 20.6. The Kier molecular flexibility index (Phi) is 7.39. The summed E-state index contributed by atoms with van der Waals surface area (Å²) in [6.07, 6.45) is 11.1. The minimum absolute atomic E-state index is 0.0291. The number of rotatable bonds is 7. The van der Waals surface area contributed by atoms with Gasteiger partial charge in [-0.1, -0.05) is 33.1 Å². The van der Waals surface area contributed by atoms with Crippen LogP contribution < -0.4 is 9.64 Å². The Morgan fingerprint density at radius 2 is 1.88 bits per heavy atom. The van der Waals surface area contributed by atoms with Crippen molar-refractivity contribution in [2.45, 2.75) is 72.1 Å². The number of carbonyl (C=O) groups is 1. The van der Waals surface area contributed by atoms with Crippen molar-refractivity contribution in [2.75, 3.05) is 24.6 Å². The van der Waals surface area contributed by atoms with Gasteiger partial charge in [-0.15, -0.1) is 0 Å². The van der Waals surface area contributed by atoms with Crippen molar-refractivity contribution in [1.29, 1.82) is 0 Å². The Balaban J connectivity index is 1.65. The molecule has 2 aliphatic rings. The molecule has 2 fully saturated rings. The molecule has 1 N–H and O–H groups in total. The van der Waals surface area contributed by atoms with E-state index in [1.54, 1.807) is 12.4 Å². The van der Waals surface area contributed by atoms with E-state index >= 15 is 4.39 Å². The summed E-state index contributed by atoms with van der Waals surface area (Å²) in [5, 5.41) is 9.57. The molecule has 0 spiro atoms. The predicted octanol–water partition coefficient (Wildman–Crippen LogP) is 5.80. The highest BCUT2D eigenvalue weighted by molar-refractivity contribution is 5.84. The molecule has 1 aliphatic heterocycles. The minimum Gasteiger partial charge on any atom is -0.481 e. The van der Waals surface area contributed by atoms with Crippen LogP contribution in [-0.4, -0.2) is 40.7 Å². The van der Waals surface area contributed by atoms with E-state index in [1.165, 1.54) is 25.3 Å². The average Bonchev–Trinajstić information content (AvgIpc) is 2.80. The number of anilines is 1. The third-order valence-electron chi connectivity index (χ3n) is 7.43. The highest BCUT2D eigenvalue weighted by Gasteiger charge is 2.29. The number of piperidine rings is 1. The maximum absolute atomic E-state index is 15.0. The average molecular weight is 470 g/mol. The van der Waals surface area contributed by atoms with Crippen molar-refractivity contribution < 1.29 is 19.0 Å². The highest BCUT2D eigenvalue weighted by atomic mass is 19.1. The second kappa shape index (κ2) is 10.3. The normalized spacial score (nSPS) is 18.6. The van der Waals surface area contributed by atoms with E-state index in [0.29, 0.717) is 34.9 Å². The molecule has 7 heteroatoms. The van der Waals surface area contributed by atoms with Gasteiger partial charge in [0.15, 0.2) is 5.82 Å². The molecule has 0 unspecified atom stereocenters. The molecule has 1 aliphatic carbocycles. The van der Waals surface area contributed by atoms with Crippen molar-refractivity contribution in [2.24, 2.45) is 11.3 Å². The summed E-state index contributed by atoms with van der Waals surface area (Å²) >= 11 is 0. The van der Waals surface area contributed by atoms with Gasteiger partial charge < -0.3 is 14.7 Å². The number of nitrogens with zero attached hydrogens (tertiary/aromatic N) is 3. The van der Waals surface area contributed by atoms with Crippen LogP contribution in [0.5, 0.6) is 5.88 Å². The molecular formula is C27H36FN3O3. The van der Waals surface area contributed by atoms with Gasteiger partial charge >= 0.3 is 5.97 Å². The second-order valence-corrected chi connectivity index (χ2v) is 10.6. The Bertz CT molecular complexity index is 1020. The van der Waals surface area contributed by atoms with E-state index in [0.717, 1.165) is 44.5 Å². The minimum atomic E-state index is -0.906. The molecule has 4 rings (SSSR count). The molecule has 184 valence electrons. The molecule has 0 radical (unpaired) electrons. The van der Waals surface area contributed by atoms with Crippen LogP contribution in [0.2, 0.25) is 0 Å². The van der Waals surface area contributed by atoms with Gasteiger partial charge in [-0.2, -0.15) is 0 Å². The molecule has 1 saturated heterocycles. The van der Waals surface area contributed by atoms with Crippen LogP contribution in [0.1, 0.15) is 70.1 Å². The summed E-state index contributed by atoms with van der Waals surface area (Å²) in [6.45, 7) is 8.47. The highest BCUT2D eigenvalue weighted by Crippen LogP contribution is 2.40. The second-order valence-electron chi connectivity index (χ2n) is 10.6. The number of ether oxygens (including phenoxy) is 1. The molecule has 0 aromatic carbocycles. The number of carboxylic acids is 1. The molecule has 1 saturated carbocycles. The van der Waals surface area contributed by atoms with Crippen molar-refractivity contribution in [3.63, 3.8) is 0 Å². The summed E-state index contributed by atoms with van der Waals surface area (Å²) in [5.74, 6) is -0.915. The lowest BCUT2D eigenvalue weighted by Crippen LogP contribution is -2.38. The quantitative estimate of drug-likeness (QED) is 0.552. The number of aliphatic carboxylic acids is 1. The molecule has 34 heavy (non-hydrogen) atoms. The SMILES string of the molecule is Cc1ncc(-c2cnc(OCC3CCCCC3)c(F)c2)c(N2CCC(C)(C)CC2)c1CC(=O)O. The number of halogens is 1. The number of aromatic nitrogens is 2. The number of hydrogen-bond acceptors (Lipinski definition) is 5. The first kappa shape index (κ1) is 24.4. The van der Waals surface area contributed by atoms with E-state index in [-0.39, 0.29) is 17.7 Å². The molecule has 0 amide bonds. The van der Waals surface area contributed by atoms with Crippen LogP contribution in [0.4, 0.5) is 10.1 Å². The fraction of sp³-hybridized carbons (Fsp3) is 0.593. The number of aryl methyl sites for hydroxylation is 1. The van der Waals surface area contributed by atoms with Crippen molar-refractivity contribution in [3.8, 4) is 17.0 Å². The van der Waals surface area contributed by atoms with E-state index in [2.05, 4.69) is 28.7 Å². The van der Waals surface area contributed by atoms with Crippen LogP contribution in [-0.2, 0) is 11.2 Å². The first-order chi connectivity index (χ1) is 16.2.